The summed E-state index contributed by atoms with van der Waals surface area (Å²) in [7, 11) is 0. The summed E-state index contributed by atoms with van der Waals surface area (Å²) in [4.78, 5) is 0. The monoisotopic (exact) mass is 216 g/mol. The average Bonchev–Trinajstić information content (AvgIpc) is 2.92. The maximum absolute atomic E-state index is 8.61. The highest BCUT2D eigenvalue weighted by Gasteiger charge is 2.40. The van der Waals surface area contributed by atoms with Crippen LogP contribution in [-0.2, 0) is 4.74 Å². The van der Waals surface area contributed by atoms with Crippen molar-refractivity contribution in [3.63, 3.8) is 0 Å². The molecule has 1 aromatic rings. The van der Waals surface area contributed by atoms with E-state index in [-0.39, 0.29) is 0 Å². The number of rotatable bonds is 2. The van der Waals surface area contributed by atoms with Gasteiger partial charge in [-0.2, -0.15) is 5.26 Å². The van der Waals surface area contributed by atoms with E-state index in [1.807, 2.05) is 6.07 Å². The van der Waals surface area contributed by atoms with Crippen LogP contribution in [0.4, 0.5) is 5.82 Å². The SMILES string of the molecule is N#Cc1ccc(NC2CC3CCC2O3)nn1. The molecule has 5 heteroatoms. The Bertz CT molecular complexity index is 425. The van der Waals surface area contributed by atoms with Crippen molar-refractivity contribution in [3.8, 4) is 6.07 Å². The minimum absolute atomic E-state index is 0.322. The Morgan fingerprint density at radius 2 is 2.31 bits per heavy atom. The molecule has 3 rings (SSSR count). The Labute approximate surface area is 93.4 Å². The highest BCUT2D eigenvalue weighted by atomic mass is 16.5. The first-order valence-electron chi connectivity index (χ1n) is 5.51. The average molecular weight is 216 g/mol. The second-order valence-electron chi connectivity index (χ2n) is 4.28. The lowest BCUT2D eigenvalue weighted by Crippen LogP contribution is -2.30. The van der Waals surface area contributed by atoms with Gasteiger partial charge in [-0.15, -0.1) is 10.2 Å². The van der Waals surface area contributed by atoms with Crippen LogP contribution in [0.25, 0.3) is 0 Å². The number of nitrogens with zero attached hydrogens (tertiary/aromatic N) is 3. The maximum Gasteiger partial charge on any atom is 0.163 e. The van der Waals surface area contributed by atoms with Crippen LogP contribution >= 0.6 is 0 Å². The Morgan fingerprint density at radius 1 is 1.38 bits per heavy atom. The highest BCUT2D eigenvalue weighted by Crippen LogP contribution is 2.35. The third-order valence-corrected chi connectivity index (χ3v) is 3.22. The Morgan fingerprint density at radius 3 is 2.88 bits per heavy atom. The summed E-state index contributed by atoms with van der Waals surface area (Å²) in [5.74, 6) is 0.722. The van der Waals surface area contributed by atoms with Gasteiger partial charge in [-0.25, -0.2) is 0 Å². The van der Waals surface area contributed by atoms with Crippen molar-refractivity contribution in [3.05, 3.63) is 17.8 Å². The smallest absolute Gasteiger partial charge is 0.163 e. The molecule has 16 heavy (non-hydrogen) atoms. The number of nitrogens with one attached hydrogen (secondary N) is 1. The van der Waals surface area contributed by atoms with Gasteiger partial charge in [0.25, 0.3) is 0 Å². The summed E-state index contributed by atoms with van der Waals surface area (Å²) in [6, 6.07) is 5.76. The van der Waals surface area contributed by atoms with E-state index in [1.165, 1.54) is 6.42 Å². The number of aromatic nitrogens is 2. The molecule has 5 nitrogen and oxygen atoms in total. The van der Waals surface area contributed by atoms with E-state index >= 15 is 0 Å². The molecule has 0 aromatic carbocycles. The zero-order valence-electron chi connectivity index (χ0n) is 8.76. The lowest BCUT2D eigenvalue weighted by molar-refractivity contribution is 0.102. The van der Waals surface area contributed by atoms with Crippen molar-refractivity contribution in [2.75, 3.05) is 5.32 Å². The van der Waals surface area contributed by atoms with E-state index in [2.05, 4.69) is 15.5 Å². The van der Waals surface area contributed by atoms with Gasteiger partial charge in [-0.3, -0.25) is 0 Å². The molecule has 2 saturated heterocycles. The molecule has 2 aliphatic heterocycles. The van der Waals surface area contributed by atoms with Crippen LogP contribution in [0.5, 0.6) is 0 Å². The highest BCUT2D eigenvalue weighted by molar-refractivity contribution is 5.37. The summed E-state index contributed by atoms with van der Waals surface area (Å²) in [6.45, 7) is 0. The second-order valence-corrected chi connectivity index (χ2v) is 4.28. The molecular formula is C11H12N4O. The van der Waals surface area contributed by atoms with Crippen LogP contribution in [0.15, 0.2) is 12.1 Å². The summed E-state index contributed by atoms with van der Waals surface area (Å²) in [5, 5.41) is 19.7. The van der Waals surface area contributed by atoms with E-state index in [9.17, 15) is 0 Å². The molecule has 0 radical (unpaired) electrons. The van der Waals surface area contributed by atoms with Crippen LogP contribution in [-0.4, -0.2) is 28.4 Å². The third-order valence-electron chi connectivity index (χ3n) is 3.22. The van der Waals surface area contributed by atoms with Gasteiger partial charge in [0.2, 0.25) is 0 Å². The molecule has 1 N–H and O–H groups in total. The summed E-state index contributed by atoms with van der Waals surface area (Å²) >= 11 is 0. The zero-order chi connectivity index (χ0) is 11.0. The van der Waals surface area contributed by atoms with E-state index < -0.39 is 0 Å². The largest absolute Gasteiger partial charge is 0.373 e. The summed E-state index contributed by atoms with van der Waals surface area (Å²) in [6.07, 6.45) is 4.11. The fourth-order valence-corrected chi connectivity index (χ4v) is 2.45. The van der Waals surface area contributed by atoms with Crippen LogP contribution in [0.1, 0.15) is 25.0 Å². The molecule has 0 saturated carbocycles. The summed E-state index contributed by atoms with van der Waals surface area (Å²) < 4.78 is 5.74. The van der Waals surface area contributed by atoms with Gasteiger partial charge in [0.15, 0.2) is 5.69 Å². The second kappa shape index (κ2) is 3.72. The maximum atomic E-state index is 8.61. The van der Waals surface area contributed by atoms with Crippen molar-refractivity contribution in [1.82, 2.24) is 10.2 Å². The molecule has 0 aliphatic carbocycles. The van der Waals surface area contributed by atoms with Crippen molar-refractivity contribution < 1.29 is 4.74 Å². The molecular weight excluding hydrogens is 204 g/mol. The number of hydrogen-bond donors (Lipinski definition) is 1. The van der Waals surface area contributed by atoms with E-state index in [0.717, 1.165) is 18.7 Å². The molecule has 0 amide bonds. The van der Waals surface area contributed by atoms with Crippen molar-refractivity contribution in [2.45, 2.75) is 37.5 Å². The van der Waals surface area contributed by atoms with Gasteiger partial charge in [0, 0.05) is 0 Å². The van der Waals surface area contributed by atoms with E-state index in [0.29, 0.717) is 23.9 Å². The van der Waals surface area contributed by atoms with Gasteiger partial charge in [0.05, 0.1) is 18.2 Å². The van der Waals surface area contributed by atoms with Gasteiger partial charge in [0.1, 0.15) is 11.9 Å². The standard InChI is InChI=1S/C11H12N4O/c12-6-7-1-4-11(15-14-7)13-9-5-8-2-3-10(9)16-8/h1,4,8-10H,2-3,5H2,(H,13,15). The Kier molecular flexibility index (Phi) is 2.22. The quantitative estimate of drug-likeness (QED) is 0.801. The van der Waals surface area contributed by atoms with Crippen LogP contribution in [0, 0.1) is 11.3 Å². The molecule has 0 spiro atoms. The van der Waals surface area contributed by atoms with E-state index in [1.54, 1.807) is 12.1 Å². The molecule has 2 bridgehead atoms. The number of nitriles is 1. The van der Waals surface area contributed by atoms with Gasteiger partial charge >= 0.3 is 0 Å². The number of ether oxygens (including phenoxy) is 1. The normalized spacial score (nSPS) is 31.3. The fraction of sp³-hybridized carbons (Fsp3) is 0.545. The topological polar surface area (TPSA) is 70.8 Å². The fourth-order valence-electron chi connectivity index (χ4n) is 2.45. The first kappa shape index (κ1) is 9.55. The lowest BCUT2D eigenvalue weighted by Gasteiger charge is -2.19. The number of anilines is 1. The molecule has 1 aromatic heterocycles. The zero-order valence-corrected chi connectivity index (χ0v) is 8.76. The van der Waals surface area contributed by atoms with Crippen molar-refractivity contribution >= 4 is 5.82 Å². The molecule has 3 heterocycles. The minimum atomic E-state index is 0.322. The van der Waals surface area contributed by atoms with Crippen LogP contribution < -0.4 is 5.32 Å². The van der Waals surface area contributed by atoms with Gasteiger partial charge in [-0.1, -0.05) is 0 Å². The molecule has 82 valence electrons. The molecule has 3 atom stereocenters. The lowest BCUT2D eigenvalue weighted by atomic mass is 9.95. The first-order chi connectivity index (χ1) is 7.85. The first-order valence-corrected chi connectivity index (χ1v) is 5.51. The Hall–Kier alpha value is -1.67. The molecule has 2 aliphatic rings. The number of fused-ring (bicyclic) bond motifs is 2. The Balaban J connectivity index is 1.68. The predicted octanol–water partition coefficient (Wildman–Crippen LogP) is 1.08. The minimum Gasteiger partial charge on any atom is -0.373 e. The number of hydrogen-bond acceptors (Lipinski definition) is 5. The summed E-state index contributed by atoms with van der Waals surface area (Å²) in [5.41, 5.74) is 0.342. The van der Waals surface area contributed by atoms with Gasteiger partial charge in [-0.05, 0) is 31.4 Å². The van der Waals surface area contributed by atoms with Crippen LogP contribution in [0.3, 0.4) is 0 Å². The van der Waals surface area contributed by atoms with Crippen molar-refractivity contribution in [1.29, 1.82) is 5.26 Å². The van der Waals surface area contributed by atoms with Crippen molar-refractivity contribution in [2.24, 2.45) is 0 Å². The molecule has 3 unspecified atom stereocenters. The third kappa shape index (κ3) is 1.61. The van der Waals surface area contributed by atoms with E-state index in [4.69, 9.17) is 10.00 Å². The predicted molar refractivity (Wildman–Crippen MR) is 56.7 cm³/mol. The van der Waals surface area contributed by atoms with Crippen LogP contribution in [0.2, 0.25) is 0 Å². The molecule has 2 fully saturated rings. The van der Waals surface area contributed by atoms with Gasteiger partial charge < -0.3 is 10.1 Å².